The van der Waals surface area contributed by atoms with E-state index in [0.29, 0.717) is 11.7 Å². The van der Waals surface area contributed by atoms with Gasteiger partial charge in [-0.2, -0.15) is 0 Å². The zero-order valence-electron chi connectivity index (χ0n) is 12.8. The van der Waals surface area contributed by atoms with E-state index in [9.17, 15) is 4.79 Å². The van der Waals surface area contributed by atoms with Crippen LogP contribution in [0.15, 0.2) is 36.5 Å². The van der Waals surface area contributed by atoms with Crippen molar-refractivity contribution in [2.24, 2.45) is 11.8 Å². The van der Waals surface area contributed by atoms with Gasteiger partial charge in [0.05, 0.1) is 0 Å². The van der Waals surface area contributed by atoms with Gasteiger partial charge >= 0.3 is 0 Å². The summed E-state index contributed by atoms with van der Waals surface area (Å²) < 4.78 is 0. The molecule has 1 aromatic carbocycles. The average molecular weight is 296 g/mol. The Labute approximate surface area is 130 Å². The molecule has 1 aliphatic heterocycles. The lowest BCUT2D eigenvalue weighted by Crippen LogP contribution is -2.48. The van der Waals surface area contributed by atoms with Crippen LogP contribution in [0, 0.1) is 18.8 Å². The molecule has 3 rings (SSSR count). The first-order valence-electron chi connectivity index (χ1n) is 7.55. The molecule has 22 heavy (non-hydrogen) atoms. The van der Waals surface area contributed by atoms with Crippen molar-refractivity contribution in [3.05, 3.63) is 42.2 Å². The molecule has 2 N–H and O–H groups in total. The highest BCUT2D eigenvalue weighted by Crippen LogP contribution is 2.21. The number of anilines is 1. The standard InChI is InChI=1S/C17H20N4O/c1-11-7-8-19-16(20-11)13-3-5-15(6-4-13)21-17(22)12(2)14-9-18-10-14/h3-8,12,14,18H,9-10H2,1-2H3,(H,21,22). The maximum Gasteiger partial charge on any atom is 0.227 e. The van der Waals surface area contributed by atoms with Crippen LogP contribution in [-0.4, -0.2) is 29.0 Å². The Morgan fingerprint density at radius 2 is 2.00 bits per heavy atom. The van der Waals surface area contributed by atoms with Crippen LogP contribution in [0.1, 0.15) is 12.6 Å². The minimum atomic E-state index is 0.0287. The number of nitrogens with one attached hydrogen (secondary N) is 2. The fourth-order valence-electron chi connectivity index (χ4n) is 2.43. The minimum Gasteiger partial charge on any atom is -0.326 e. The summed E-state index contributed by atoms with van der Waals surface area (Å²) in [7, 11) is 0. The van der Waals surface area contributed by atoms with Gasteiger partial charge in [0.2, 0.25) is 5.91 Å². The number of amides is 1. The minimum absolute atomic E-state index is 0.0287. The van der Waals surface area contributed by atoms with Gasteiger partial charge in [-0.15, -0.1) is 0 Å². The number of rotatable bonds is 4. The molecule has 2 aromatic rings. The van der Waals surface area contributed by atoms with E-state index >= 15 is 0 Å². The Morgan fingerprint density at radius 1 is 1.27 bits per heavy atom. The number of benzene rings is 1. The molecule has 5 nitrogen and oxygen atoms in total. The van der Waals surface area contributed by atoms with E-state index in [0.717, 1.165) is 30.0 Å². The lowest BCUT2D eigenvalue weighted by molar-refractivity contribution is -0.121. The topological polar surface area (TPSA) is 66.9 Å². The molecule has 1 atom stereocenters. The Bertz CT molecular complexity index is 665. The lowest BCUT2D eigenvalue weighted by atomic mass is 9.88. The fraction of sp³-hybridized carbons (Fsp3) is 0.353. The van der Waals surface area contributed by atoms with E-state index in [-0.39, 0.29) is 11.8 Å². The molecular formula is C17H20N4O. The summed E-state index contributed by atoms with van der Waals surface area (Å²) in [6, 6.07) is 9.52. The monoisotopic (exact) mass is 296 g/mol. The molecule has 0 saturated carbocycles. The molecule has 1 fully saturated rings. The highest BCUT2D eigenvalue weighted by atomic mass is 16.1. The van der Waals surface area contributed by atoms with Gasteiger partial charge in [-0.3, -0.25) is 4.79 Å². The van der Waals surface area contributed by atoms with Crippen LogP contribution in [0.25, 0.3) is 11.4 Å². The molecule has 114 valence electrons. The van der Waals surface area contributed by atoms with Gasteiger partial charge in [0.1, 0.15) is 0 Å². The van der Waals surface area contributed by atoms with Crippen LogP contribution in [-0.2, 0) is 4.79 Å². The van der Waals surface area contributed by atoms with Gasteiger partial charge in [-0.1, -0.05) is 6.92 Å². The van der Waals surface area contributed by atoms with Gasteiger partial charge in [0.15, 0.2) is 5.82 Å². The van der Waals surface area contributed by atoms with Gasteiger partial charge < -0.3 is 10.6 Å². The van der Waals surface area contributed by atoms with Gasteiger partial charge in [-0.25, -0.2) is 9.97 Å². The van der Waals surface area contributed by atoms with Crippen molar-refractivity contribution in [1.29, 1.82) is 0 Å². The van der Waals surface area contributed by atoms with Crippen molar-refractivity contribution in [3.63, 3.8) is 0 Å². The molecule has 5 heteroatoms. The fourth-order valence-corrected chi connectivity index (χ4v) is 2.43. The summed E-state index contributed by atoms with van der Waals surface area (Å²) in [5, 5.41) is 6.17. The van der Waals surface area contributed by atoms with Crippen LogP contribution < -0.4 is 10.6 Å². The Kier molecular flexibility index (Phi) is 4.15. The molecule has 1 amide bonds. The zero-order chi connectivity index (χ0) is 15.5. The van der Waals surface area contributed by atoms with Crippen molar-refractivity contribution >= 4 is 11.6 Å². The normalized spacial score (nSPS) is 15.9. The van der Waals surface area contributed by atoms with Crippen molar-refractivity contribution in [1.82, 2.24) is 15.3 Å². The zero-order valence-corrected chi connectivity index (χ0v) is 12.8. The summed E-state index contributed by atoms with van der Waals surface area (Å²) in [4.78, 5) is 20.8. The summed E-state index contributed by atoms with van der Waals surface area (Å²) in [5.41, 5.74) is 2.68. The maximum absolute atomic E-state index is 12.2. The van der Waals surface area contributed by atoms with Gasteiger partial charge in [0.25, 0.3) is 0 Å². The third kappa shape index (κ3) is 3.14. The Hall–Kier alpha value is -2.27. The van der Waals surface area contributed by atoms with E-state index in [2.05, 4.69) is 20.6 Å². The third-order valence-electron chi connectivity index (χ3n) is 4.14. The molecule has 2 heterocycles. The number of carbonyl (C=O) groups is 1. The SMILES string of the molecule is Cc1ccnc(-c2ccc(NC(=O)C(C)C3CNC3)cc2)n1. The molecule has 0 aliphatic carbocycles. The lowest BCUT2D eigenvalue weighted by Gasteiger charge is -2.31. The van der Waals surface area contributed by atoms with Crippen LogP contribution >= 0.6 is 0 Å². The summed E-state index contributed by atoms with van der Waals surface area (Å²) >= 11 is 0. The number of hydrogen-bond acceptors (Lipinski definition) is 4. The summed E-state index contributed by atoms with van der Waals surface area (Å²) in [5.74, 6) is 1.25. The van der Waals surface area contributed by atoms with Crippen molar-refractivity contribution in [2.45, 2.75) is 13.8 Å². The predicted octanol–water partition coefficient (Wildman–Crippen LogP) is 2.25. The second-order valence-corrected chi connectivity index (χ2v) is 5.80. The molecular weight excluding hydrogens is 276 g/mol. The van der Waals surface area contributed by atoms with E-state index in [1.165, 1.54) is 0 Å². The van der Waals surface area contributed by atoms with E-state index < -0.39 is 0 Å². The summed E-state index contributed by atoms with van der Waals surface area (Å²) in [6.07, 6.45) is 1.75. The molecule has 0 spiro atoms. The smallest absolute Gasteiger partial charge is 0.227 e. The van der Waals surface area contributed by atoms with Crippen molar-refractivity contribution in [2.75, 3.05) is 18.4 Å². The van der Waals surface area contributed by atoms with Gasteiger partial charge in [0, 0.05) is 29.1 Å². The predicted molar refractivity (Wildman–Crippen MR) is 86.4 cm³/mol. The van der Waals surface area contributed by atoms with Crippen molar-refractivity contribution < 1.29 is 4.79 Å². The van der Waals surface area contributed by atoms with E-state index in [4.69, 9.17) is 0 Å². The number of aryl methyl sites for hydroxylation is 1. The third-order valence-corrected chi connectivity index (χ3v) is 4.14. The summed E-state index contributed by atoms with van der Waals surface area (Å²) in [6.45, 7) is 5.78. The number of aromatic nitrogens is 2. The first kappa shape index (κ1) is 14.7. The molecule has 1 aromatic heterocycles. The number of nitrogens with zero attached hydrogens (tertiary/aromatic N) is 2. The molecule has 1 saturated heterocycles. The van der Waals surface area contributed by atoms with Crippen LogP contribution in [0.5, 0.6) is 0 Å². The van der Waals surface area contributed by atoms with Gasteiger partial charge in [-0.05, 0) is 56.3 Å². The van der Waals surface area contributed by atoms with Crippen LogP contribution in [0.3, 0.4) is 0 Å². The second kappa shape index (κ2) is 6.23. The highest BCUT2D eigenvalue weighted by Gasteiger charge is 2.28. The molecule has 1 aliphatic rings. The molecule has 0 bridgehead atoms. The van der Waals surface area contributed by atoms with Crippen LogP contribution in [0.4, 0.5) is 5.69 Å². The highest BCUT2D eigenvalue weighted by molar-refractivity contribution is 5.92. The average Bonchev–Trinajstić information content (AvgIpc) is 2.46. The van der Waals surface area contributed by atoms with Crippen LogP contribution in [0.2, 0.25) is 0 Å². The van der Waals surface area contributed by atoms with E-state index in [1.54, 1.807) is 6.20 Å². The molecule has 0 radical (unpaired) electrons. The first-order valence-corrected chi connectivity index (χ1v) is 7.55. The first-order chi connectivity index (χ1) is 10.6. The van der Waals surface area contributed by atoms with E-state index in [1.807, 2.05) is 44.2 Å². The maximum atomic E-state index is 12.2. The quantitative estimate of drug-likeness (QED) is 0.908. The Morgan fingerprint density at radius 3 is 2.59 bits per heavy atom. The second-order valence-electron chi connectivity index (χ2n) is 5.80. The number of hydrogen-bond donors (Lipinski definition) is 2. The molecule has 1 unspecified atom stereocenters. The number of carbonyl (C=O) groups excluding carboxylic acids is 1. The Balaban J connectivity index is 1.67. The largest absolute Gasteiger partial charge is 0.326 e. The van der Waals surface area contributed by atoms with Crippen molar-refractivity contribution in [3.8, 4) is 11.4 Å².